The fourth-order valence-electron chi connectivity index (χ4n) is 1.07. The van der Waals surface area contributed by atoms with Crippen LogP contribution in [0.5, 0.6) is 0 Å². The molecule has 0 aliphatic heterocycles. The van der Waals surface area contributed by atoms with E-state index in [-0.39, 0.29) is 12.1 Å². The smallest absolute Gasteiger partial charge is 0.248 e. The Balaban J connectivity index is 2.70. The molecule has 0 aliphatic rings. The highest BCUT2D eigenvalue weighted by Gasteiger charge is 2.06. The first-order valence-electron chi connectivity index (χ1n) is 4.58. The molecule has 0 fully saturated rings. The Hall–Kier alpha value is -1.46. The Morgan fingerprint density at radius 1 is 1.60 bits per heavy atom. The summed E-state index contributed by atoms with van der Waals surface area (Å²) in [6, 6.07) is 4.10. The first-order valence-corrected chi connectivity index (χ1v) is 4.58. The minimum absolute atomic E-state index is 0.160. The maximum atomic E-state index is 13.3. The molecule has 0 saturated carbocycles. The number of amides is 1. The van der Waals surface area contributed by atoms with Crippen molar-refractivity contribution >= 4 is 5.91 Å². The molecule has 1 aromatic rings. The van der Waals surface area contributed by atoms with Gasteiger partial charge in [-0.15, -0.1) is 0 Å². The van der Waals surface area contributed by atoms with Crippen molar-refractivity contribution in [3.63, 3.8) is 0 Å². The highest BCUT2D eigenvalue weighted by Crippen LogP contribution is 2.09. The number of carbonyl (C=O) groups excluding carboxylic acids is 1. The van der Waals surface area contributed by atoms with E-state index in [1.54, 1.807) is 0 Å². The zero-order chi connectivity index (χ0) is 11.3. The molecule has 3 N–H and O–H groups in total. The van der Waals surface area contributed by atoms with Crippen LogP contribution in [0.4, 0.5) is 4.39 Å². The maximum absolute atomic E-state index is 13.3. The first-order chi connectivity index (χ1) is 7.15. The number of halogens is 1. The Bertz CT molecular complexity index is 355. The third-order valence-corrected chi connectivity index (χ3v) is 1.85. The van der Waals surface area contributed by atoms with Gasteiger partial charge in [0.1, 0.15) is 5.82 Å². The summed E-state index contributed by atoms with van der Waals surface area (Å²) in [7, 11) is 0. The van der Waals surface area contributed by atoms with Crippen molar-refractivity contribution in [1.82, 2.24) is 5.48 Å². The molecule has 0 aromatic heterocycles. The van der Waals surface area contributed by atoms with E-state index >= 15 is 0 Å². The van der Waals surface area contributed by atoms with Crippen molar-refractivity contribution in [2.24, 2.45) is 5.73 Å². The number of rotatable bonds is 5. The van der Waals surface area contributed by atoms with E-state index in [4.69, 9.17) is 10.6 Å². The molecule has 0 atom stereocenters. The molecule has 1 aromatic carbocycles. The maximum Gasteiger partial charge on any atom is 0.248 e. The van der Waals surface area contributed by atoms with Crippen LogP contribution in [0, 0.1) is 5.82 Å². The predicted octanol–water partition coefficient (Wildman–Crippen LogP) is 0.966. The summed E-state index contributed by atoms with van der Waals surface area (Å²) < 4.78 is 13.3. The van der Waals surface area contributed by atoms with Crippen LogP contribution in [-0.2, 0) is 11.4 Å². The van der Waals surface area contributed by atoms with Crippen LogP contribution >= 0.6 is 0 Å². The largest absolute Gasteiger partial charge is 0.366 e. The summed E-state index contributed by atoms with van der Waals surface area (Å²) in [4.78, 5) is 15.6. The van der Waals surface area contributed by atoms with E-state index in [9.17, 15) is 9.18 Å². The molecule has 1 rings (SSSR count). The highest BCUT2D eigenvalue weighted by molar-refractivity contribution is 5.92. The molecule has 0 spiro atoms. The monoisotopic (exact) mass is 212 g/mol. The molecule has 0 radical (unpaired) electrons. The van der Waals surface area contributed by atoms with E-state index in [0.717, 1.165) is 6.07 Å². The lowest BCUT2D eigenvalue weighted by Gasteiger charge is -2.05. The van der Waals surface area contributed by atoms with Crippen molar-refractivity contribution in [2.75, 3.05) is 6.61 Å². The van der Waals surface area contributed by atoms with Gasteiger partial charge in [0.25, 0.3) is 0 Å². The van der Waals surface area contributed by atoms with Crippen molar-refractivity contribution < 1.29 is 14.0 Å². The number of carbonyl (C=O) groups is 1. The molecule has 0 bridgehead atoms. The van der Waals surface area contributed by atoms with Gasteiger partial charge in [-0.3, -0.25) is 4.79 Å². The summed E-state index contributed by atoms with van der Waals surface area (Å²) in [5, 5.41) is 0. The number of primary amides is 1. The fourth-order valence-corrected chi connectivity index (χ4v) is 1.07. The van der Waals surface area contributed by atoms with Gasteiger partial charge in [-0.25, -0.2) is 4.39 Å². The average Bonchev–Trinajstić information content (AvgIpc) is 2.20. The second-order valence-corrected chi connectivity index (χ2v) is 2.92. The number of benzene rings is 1. The SMILES string of the molecule is CCONCc1ccc(C(N)=O)cc1F. The molecular weight excluding hydrogens is 199 g/mol. The molecule has 0 heterocycles. The average molecular weight is 212 g/mol. The second kappa shape index (κ2) is 5.43. The van der Waals surface area contributed by atoms with Crippen LogP contribution in [0.2, 0.25) is 0 Å². The lowest BCUT2D eigenvalue weighted by atomic mass is 10.1. The summed E-state index contributed by atoms with van der Waals surface area (Å²) in [5.74, 6) is -1.11. The van der Waals surface area contributed by atoms with Gasteiger partial charge in [-0.2, -0.15) is 5.48 Å². The molecule has 5 heteroatoms. The van der Waals surface area contributed by atoms with Gasteiger partial charge < -0.3 is 10.6 Å². The van der Waals surface area contributed by atoms with Crippen LogP contribution in [0.1, 0.15) is 22.8 Å². The third-order valence-electron chi connectivity index (χ3n) is 1.85. The second-order valence-electron chi connectivity index (χ2n) is 2.92. The summed E-state index contributed by atoms with van der Waals surface area (Å²) >= 11 is 0. The van der Waals surface area contributed by atoms with Gasteiger partial charge >= 0.3 is 0 Å². The Morgan fingerprint density at radius 2 is 2.33 bits per heavy atom. The van der Waals surface area contributed by atoms with Gasteiger partial charge in [0.2, 0.25) is 5.91 Å². The summed E-state index contributed by atoms with van der Waals surface area (Å²) in [6.45, 7) is 2.57. The molecule has 1 amide bonds. The van der Waals surface area contributed by atoms with E-state index < -0.39 is 11.7 Å². The number of nitrogens with one attached hydrogen (secondary N) is 1. The van der Waals surface area contributed by atoms with Crippen LogP contribution in [-0.4, -0.2) is 12.5 Å². The van der Waals surface area contributed by atoms with Crippen LogP contribution in [0.15, 0.2) is 18.2 Å². The van der Waals surface area contributed by atoms with Crippen molar-refractivity contribution in [3.05, 3.63) is 35.1 Å². The Morgan fingerprint density at radius 3 is 2.87 bits per heavy atom. The number of hydrogen-bond acceptors (Lipinski definition) is 3. The minimum atomic E-state index is -0.641. The Kier molecular flexibility index (Phi) is 4.20. The standard InChI is InChI=1S/C10H13FN2O2/c1-2-15-13-6-8-4-3-7(10(12)14)5-9(8)11/h3-5,13H,2,6H2,1H3,(H2,12,14). The topological polar surface area (TPSA) is 64.3 Å². The predicted molar refractivity (Wildman–Crippen MR) is 53.4 cm³/mol. The number of hydrogen-bond donors (Lipinski definition) is 2. The third kappa shape index (κ3) is 3.30. The Labute approximate surface area is 87.2 Å². The van der Waals surface area contributed by atoms with Crippen LogP contribution < -0.4 is 11.2 Å². The fraction of sp³-hybridized carbons (Fsp3) is 0.300. The van der Waals surface area contributed by atoms with Crippen molar-refractivity contribution in [3.8, 4) is 0 Å². The molecule has 82 valence electrons. The highest BCUT2D eigenvalue weighted by atomic mass is 19.1. The van der Waals surface area contributed by atoms with Crippen LogP contribution in [0.25, 0.3) is 0 Å². The van der Waals surface area contributed by atoms with E-state index in [2.05, 4.69) is 5.48 Å². The molecule has 0 unspecified atom stereocenters. The number of hydroxylamine groups is 1. The lowest BCUT2D eigenvalue weighted by molar-refractivity contribution is 0.0457. The van der Waals surface area contributed by atoms with Crippen molar-refractivity contribution in [1.29, 1.82) is 0 Å². The molecule has 0 aliphatic carbocycles. The van der Waals surface area contributed by atoms with E-state index in [1.165, 1.54) is 12.1 Å². The van der Waals surface area contributed by atoms with Gasteiger partial charge in [-0.05, 0) is 19.1 Å². The normalized spacial score (nSPS) is 10.3. The molecule has 4 nitrogen and oxygen atoms in total. The van der Waals surface area contributed by atoms with Crippen molar-refractivity contribution in [2.45, 2.75) is 13.5 Å². The summed E-state index contributed by atoms with van der Waals surface area (Å²) in [6.07, 6.45) is 0. The lowest BCUT2D eigenvalue weighted by Crippen LogP contribution is -2.16. The van der Waals surface area contributed by atoms with Gasteiger partial charge in [0.15, 0.2) is 0 Å². The van der Waals surface area contributed by atoms with Gasteiger partial charge in [0, 0.05) is 17.7 Å². The zero-order valence-corrected chi connectivity index (χ0v) is 8.42. The van der Waals surface area contributed by atoms with E-state index in [1.807, 2.05) is 6.92 Å². The zero-order valence-electron chi connectivity index (χ0n) is 8.42. The minimum Gasteiger partial charge on any atom is -0.366 e. The first kappa shape index (κ1) is 11.6. The van der Waals surface area contributed by atoms with E-state index in [0.29, 0.717) is 12.2 Å². The molecular formula is C10H13FN2O2. The quantitative estimate of drug-likeness (QED) is 0.564. The molecule has 0 saturated heterocycles. The van der Waals surface area contributed by atoms with Crippen LogP contribution in [0.3, 0.4) is 0 Å². The molecule has 15 heavy (non-hydrogen) atoms. The van der Waals surface area contributed by atoms with Gasteiger partial charge in [0.05, 0.1) is 6.61 Å². The van der Waals surface area contributed by atoms with Gasteiger partial charge in [-0.1, -0.05) is 6.07 Å². The summed E-state index contributed by atoms with van der Waals surface area (Å²) in [5.41, 5.74) is 8.18. The number of nitrogens with two attached hydrogens (primary N) is 1.